The highest BCUT2D eigenvalue weighted by atomic mass is 16.5. The molecule has 2 aromatic carbocycles. The van der Waals surface area contributed by atoms with E-state index in [1.165, 1.54) is 17.5 Å². The number of aliphatic hydroxyl groups excluding tert-OH is 1. The molecule has 0 amide bonds. The second-order valence-corrected chi connectivity index (χ2v) is 6.60. The van der Waals surface area contributed by atoms with Crippen molar-refractivity contribution in [1.29, 1.82) is 0 Å². The Kier molecular flexibility index (Phi) is 4.06. The van der Waals surface area contributed by atoms with E-state index >= 15 is 0 Å². The average molecular weight is 335 g/mol. The second-order valence-electron chi connectivity index (χ2n) is 6.60. The lowest BCUT2D eigenvalue weighted by molar-refractivity contribution is 0.279. The first-order valence-electron chi connectivity index (χ1n) is 8.61. The molecule has 4 heteroatoms. The standard InChI is InChI=1S/C21H21NO3/c1-25-19-7-5-14(6-8-19)12-22-20-11-16-4-2-3-15(16)9-17(20)10-18(13-23)21(22)24/h5-11,23H,2-4,12-13H2,1H3. The van der Waals surface area contributed by atoms with Crippen LogP contribution in [0.2, 0.25) is 0 Å². The lowest BCUT2D eigenvalue weighted by Crippen LogP contribution is -2.24. The van der Waals surface area contributed by atoms with Gasteiger partial charge >= 0.3 is 0 Å². The van der Waals surface area contributed by atoms with Crippen LogP contribution in [0, 0.1) is 0 Å². The van der Waals surface area contributed by atoms with E-state index in [4.69, 9.17) is 4.74 Å². The smallest absolute Gasteiger partial charge is 0.256 e. The van der Waals surface area contributed by atoms with Gasteiger partial charge in [0.05, 0.1) is 25.8 Å². The van der Waals surface area contributed by atoms with Crippen LogP contribution in [0.1, 0.15) is 28.7 Å². The molecule has 0 fully saturated rings. The quantitative estimate of drug-likeness (QED) is 0.797. The molecule has 0 saturated carbocycles. The topological polar surface area (TPSA) is 51.5 Å². The summed E-state index contributed by atoms with van der Waals surface area (Å²) in [5.41, 5.74) is 5.00. The Morgan fingerprint density at radius 2 is 1.80 bits per heavy atom. The summed E-state index contributed by atoms with van der Waals surface area (Å²) >= 11 is 0. The van der Waals surface area contributed by atoms with Crippen molar-refractivity contribution in [3.05, 3.63) is 75.1 Å². The third kappa shape index (κ3) is 2.83. The first kappa shape index (κ1) is 15.9. The number of aryl methyl sites for hydroxylation is 2. The molecule has 1 aliphatic rings. The minimum atomic E-state index is -0.242. The lowest BCUT2D eigenvalue weighted by Gasteiger charge is -2.14. The Labute approximate surface area is 146 Å². The fourth-order valence-electron chi connectivity index (χ4n) is 3.70. The number of nitrogens with zero attached hydrogens (tertiary/aromatic N) is 1. The number of hydrogen-bond acceptors (Lipinski definition) is 3. The molecule has 25 heavy (non-hydrogen) atoms. The fourth-order valence-corrected chi connectivity index (χ4v) is 3.70. The molecule has 0 unspecified atom stereocenters. The number of aromatic nitrogens is 1. The molecule has 1 N–H and O–H groups in total. The fraction of sp³-hybridized carbons (Fsp3) is 0.286. The van der Waals surface area contributed by atoms with Crippen molar-refractivity contribution in [2.24, 2.45) is 0 Å². The van der Waals surface area contributed by atoms with Gasteiger partial charge in [-0.25, -0.2) is 0 Å². The normalized spacial score (nSPS) is 13.2. The Morgan fingerprint density at radius 1 is 1.08 bits per heavy atom. The predicted molar refractivity (Wildman–Crippen MR) is 98.3 cm³/mol. The summed E-state index contributed by atoms with van der Waals surface area (Å²) in [6.07, 6.45) is 3.34. The summed E-state index contributed by atoms with van der Waals surface area (Å²) in [5.74, 6) is 0.794. The summed E-state index contributed by atoms with van der Waals surface area (Å²) in [4.78, 5) is 12.8. The first-order valence-corrected chi connectivity index (χ1v) is 8.61. The van der Waals surface area contributed by atoms with Crippen molar-refractivity contribution in [2.75, 3.05) is 7.11 Å². The van der Waals surface area contributed by atoms with Crippen LogP contribution >= 0.6 is 0 Å². The molecule has 0 radical (unpaired) electrons. The molecule has 128 valence electrons. The van der Waals surface area contributed by atoms with Crippen LogP contribution in [-0.4, -0.2) is 16.8 Å². The van der Waals surface area contributed by atoms with E-state index in [1.54, 1.807) is 11.7 Å². The van der Waals surface area contributed by atoms with Crippen molar-refractivity contribution in [1.82, 2.24) is 4.57 Å². The number of aliphatic hydroxyl groups is 1. The van der Waals surface area contributed by atoms with Gasteiger partial charge in [0.1, 0.15) is 5.75 Å². The monoisotopic (exact) mass is 335 g/mol. The molecular weight excluding hydrogens is 314 g/mol. The van der Waals surface area contributed by atoms with E-state index in [9.17, 15) is 9.90 Å². The van der Waals surface area contributed by atoms with Gasteiger partial charge in [0.2, 0.25) is 0 Å². The van der Waals surface area contributed by atoms with Crippen LogP contribution < -0.4 is 10.3 Å². The molecule has 0 atom stereocenters. The van der Waals surface area contributed by atoms with Crippen LogP contribution in [0.25, 0.3) is 10.9 Å². The second kappa shape index (κ2) is 6.37. The Bertz CT molecular complexity index is 987. The van der Waals surface area contributed by atoms with Crippen LogP contribution in [0.3, 0.4) is 0 Å². The van der Waals surface area contributed by atoms with Crippen molar-refractivity contribution >= 4 is 10.9 Å². The highest BCUT2D eigenvalue weighted by Crippen LogP contribution is 2.27. The zero-order chi connectivity index (χ0) is 17.4. The van der Waals surface area contributed by atoms with Gasteiger partial charge in [-0.3, -0.25) is 4.79 Å². The molecule has 0 spiro atoms. The molecule has 3 aromatic rings. The first-order chi connectivity index (χ1) is 12.2. The summed E-state index contributed by atoms with van der Waals surface area (Å²) in [7, 11) is 1.64. The van der Waals surface area contributed by atoms with E-state index in [0.29, 0.717) is 12.1 Å². The summed E-state index contributed by atoms with van der Waals surface area (Å²) in [6, 6.07) is 13.9. The molecule has 4 rings (SSSR count). The maximum Gasteiger partial charge on any atom is 0.256 e. The van der Waals surface area contributed by atoms with E-state index in [2.05, 4.69) is 12.1 Å². The zero-order valence-electron chi connectivity index (χ0n) is 14.3. The van der Waals surface area contributed by atoms with Crippen LogP contribution in [0.4, 0.5) is 0 Å². The average Bonchev–Trinajstić information content (AvgIpc) is 3.10. The molecule has 0 saturated heterocycles. The molecular formula is C21H21NO3. The van der Waals surface area contributed by atoms with E-state index < -0.39 is 0 Å². The molecule has 4 nitrogen and oxygen atoms in total. The number of pyridine rings is 1. The third-order valence-electron chi connectivity index (χ3n) is 5.05. The number of hydrogen-bond donors (Lipinski definition) is 1. The summed E-state index contributed by atoms with van der Waals surface area (Å²) < 4.78 is 6.98. The van der Waals surface area contributed by atoms with Gasteiger partial charge in [-0.1, -0.05) is 12.1 Å². The number of methoxy groups -OCH3 is 1. The minimum absolute atomic E-state index is 0.122. The number of ether oxygens (including phenoxy) is 1. The SMILES string of the molecule is COc1ccc(Cn2c(=O)c(CO)cc3cc4c(cc32)CCC4)cc1. The van der Waals surface area contributed by atoms with E-state index in [0.717, 1.165) is 35.1 Å². The van der Waals surface area contributed by atoms with Gasteiger partial charge in [0.15, 0.2) is 0 Å². The number of rotatable bonds is 4. The maximum absolute atomic E-state index is 12.8. The summed E-state index contributed by atoms with van der Waals surface area (Å²) in [5, 5.41) is 10.6. The van der Waals surface area contributed by atoms with E-state index in [-0.39, 0.29) is 12.2 Å². The van der Waals surface area contributed by atoms with Gasteiger partial charge in [-0.15, -0.1) is 0 Å². The van der Waals surface area contributed by atoms with Crippen molar-refractivity contribution in [3.63, 3.8) is 0 Å². The number of benzene rings is 2. The predicted octanol–water partition coefficient (Wildman–Crippen LogP) is 3.04. The highest BCUT2D eigenvalue weighted by molar-refractivity contribution is 5.82. The van der Waals surface area contributed by atoms with E-state index in [1.807, 2.05) is 30.3 Å². The van der Waals surface area contributed by atoms with Gasteiger partial charge in [-0.2, -0.15) is 0 Å². The molecule has 1 heterocycles. The Hall–Kier alpha value is -2.59. The van der Waals surface area contributed by atoms with Gasteiger partial charge in [0, 0.05) is 5.56 Å². The molecule has 1 aromatic heterocycles. The highest BCUT2D eigenvalue weighted by Gasteiger charge is 2.16. The van der Waals surface area contributed by atoms with Crippen molar-refractivity contribution < 1.29 is 9.84 Å². The molecule has 0 bridgehead atoms. The number of fused-ring (bicyclic) bond motifs is 2. The largest absolute Gasteiger partial charge is 0.497 e. The van der Waals surface area contributed by atoms with Crippen LogP contribution in [-0.2, 0) is 26.0 Å². The summed E-state index contributed by atoms with van der Waals surface area (Å²) in [6.45, 7) is 0.237. The van der Waals surface area contributed by atoms with Gasteiger partial charge in [0.25, 0.3) is 5.56 Å². The Morgan fingerprint density at radius 3 is 2.48 bits per heavy atom. The van der Waals surface area contributed by atoms with Crippen LogP contribution in [0.15, 0.2) is 47.3 Å². The zero-order valence-corrected chi connectivity index (χ0v) is 14.3. The lowest BCUT2D eigenvalue weighted by atomic mass is 10.0. The van der Waals surface area contributed by atoms with Gasteiger partial charge in [-0.05, 0) is 71.7 Å². The maximum atomic E-state index is 12.8. The van der Waals surface area contributed by atoms with Crippen LogP contribution in [0.5, 0.6) is 5.75 Å². The third-order valence-corrected chi connectivity index (χ3v) is 5.05. The van der Waals surface area contributed by atoms with Gasteiger partial charge < -0.3 is 14.4 Å². The molecule has 1 aliphatic carbocycles. The minimum Gasteiger partial charge on any atom is -0.497 e. The molecule has 0 aliphatic heterocycles. The Balaban J connectivity index is 1.87. The van der Waals surface area contributed by atoms with Crippen molar-refractivity contribution in [2.45, 2.75) is 32.4 Å². The van der Waals surface area contributed by atoms with Crippen molar-refractivity contribution in [3.8, 4) is 5.75 Å².